The number of rotatable bonds is 5. The van der Waals surface area contributed by atoms with Crippen LogP contribution in [0.3, 0.4) is 0 Å². The Hall–Kier alpha value is -2.39. The van der Waals surface area contributed by atoms with E-state index in [1.165, 1.54) is 36.4 Å². The third kappa shape index (κ3) is 5.40. The van der Waals surface area contributed by atoms with Gasteiger partial charge in [0.15, 0.2) is 0 Å². The highest BCUT2D eigenvalue weighted by molar-refractivity contribution is 7.92. The number of hydrogen-bond acceptors (Lipinski definition) is 3. The average Bonchev–Trinajstić information content (AvgIpc) is 2.82. The summed E-state index contributed by atoms with van der Waals surface area (Å²) in [6.07, 6.45) is 0.388. The Bertz CT molecular complexity index is 1360. The van der Waals surface area contributed by atoms with Gasteiger partial charge in [0, 0.05) is 35.2 Å². The fraction of sp³-hybridized carbons (Fsp3) is 0.208. The topological polar surface area (TPSA) is 57.7 Å². The third-order valence-corrected chi connectivity index (χ3v) is 8.44. The zero-order chi connectivity index (χ0) is 25.3. The minimum atomic E-state index is -4.28. The monoisotopic (exact) mass is 558 g/mol. The first kappa shape index (κ1) is 25.7. The Morgan fingerprint density at radius 1 is 0.886 bits per heavy atom. The maximum Gasteiger partial charge on any atom is 0.264 e. The lowest BCUT2D eigenvalue weighted by Gasteiger charge is -2.39. The van der Waals surface area contributed by atoms with Crippen molar-refractivity contribution in [2.45, 2.75) is 23.8 Å². The van der Waals surface area contributed by atoms with Crippen molar-refractivity contribution < 1.29 is 22.0 Å². The van der Waals surface area contributed by atoms with E-state index in [9.17, 15) is 22.0 Å². The van der Waals surface area contributed by atoms with Crippen LogP contribution in [-0.4, -0.2) is 38.4 Å². The molecule has 1 heterocycles. The van der Waals surface area contributed by atoms with Gasteiger partial charge in [0.25, 0.3) is 15.9 Å². The van der Waals surface area contributed by atoms with Gasteiger partial charge in [0.1, 0.15) is 11.6 Å². The molecular formula is C24H19Cl3F2N2O3S. The lowest BCUT2D eigenvalue weighted by molar-refractivity contribution is 0.0716. The summed E-state index contributed by atoms with van der Waals surface area (Å²) in [4.78, 5) is 14.4. The number of piperidine rings is 1. The van der Waals surface area contributed by atoms with Crippen LogP contribution in [0.2, 0.25) is 15.1 Å². The minimum absolute atomic E-state index is 0.114. The number of carbonyl (C=O) groups excluding carboxylic acids is 1. The van der Waals surface area contributed by atoms with Crippen LogP contribution in [0.4, 0.5) is 14.5 Å². The van der Waals surface area contributed by atoms with E-state index >= 15 is 0 Å². The van der Waals surface area contributed by atoms with Gasteiger partial charge in [0.2, 0.25) is 0 Å². The van der Waals surface area contributed by atoms with Crippen molar-refractivity contribution in [3.8, 4) is 0 Å². The summed E-state index contributed by atoms with van der Waals surface area (Å²) in [5, 5.41) is 0.934. The molecule has 1 amide bonds. The van der Waals surface area contributed by atoms with Crippen molar-refractivity contribution in [2.75, 3.05) is 17.4 Å². The normalized spacial score (nSPS) is 14.7. The lowest BCUT2D eigenvalue weighted by Crippen LogP contribution is -2.49. The van der Waals surface area contributed by atoms with Crippen LogP contribution >= 0.6 is 34.8 Å². The number of sulfonamides is 1. The van der Waals surface area contributed by atoms with Gasteiger partial charge in [-0.05, 0) is 67.4 Å². The molecular weight excluding hydrogens is 541 g/mol. The minimum Gasteiger partial charge on any atom is -0.338 e. The zero-order valence-electron chi connectivity index (χ0n) is 18.1. The highest BCUT2D eigenvalue weighted by atomic mass is 35.5. The van der Waals surface area contributed by atoms with E-state index in [1.807, 2.05) is 0 Å². The number of likely N-dealkylation sites (tertiary alicyclic amines) is 1. The Kier molecular flexibility index (Phi) is 7.57. The summed E-state index contributed by atoms with van der Waals surface area (Å²) >= 11 is 18.0. The second-order valence-electron chi connectivity index (χ2n) is 8.00. The van der Waals surface area contributed by atoms with Crippen LogP contribution < -0.4 is 4.31 Å². The molecule has 0 aromatic heterocycles. The van der Waals surface area contributed by atoms with E-state index in [0.29, 0.717) is 10.0 Å². The quantitative estimate of drug-likeness (QED) is 0.362. The average molecular weight is 560 g/mol. The Morgan fingerprint density at radius 2 is 1.51 bits per heavy atom. The molecule has 0 saturated carbocycles. The molecule has 1 aliphatic heterocycles. The number of halogens is 5. The van der Waals surface area contributed by atoms with Crippen molar-refractivity contribution in [3.63, 3.8) is 0 Å². The van der Waals surface area contributed by atoms with Gasteiger partial charge >= 0.3 is 0 Å². The molecule has 35 heavy (non-hydrogen) atoms. The molecule has 4 rings (SSSR count). The van der Waals surface area contributed by atoms with Gasteiger partial charge in [-0.15, -0.1) is 0 Å². The number of hydrogen-bond donors (Lipinski definition) is 0. The van der Waals surface area contributed by atoms with Crippen molar-refractivity contribution in [3.05, 3.63) is 92.9 Å². The molecule has 1 saturated heterocycles. The van der Waals surface area contributed by atoms with Gasteiger partial charge in [-0.3, -0.25) is 9.10 Å². The van der Waals surface area contributed by atoms with Gasteiger partial charge in [-0.25, -0.2) is 17.2 Å². The van der Waals surface area contributed by atoms with E-state index in [0.717, 1.165) is 22.5 Å². The number of carbonyl (C=O) groups is 1. The Morgan fingerprint density at radius 3 is 2.14 bits per heavy atom. The van der Waals surface area contributed by atoms with Crippen molar-refractivity contribution >= 4 is 56.4 Å². The Labute approximate surface area is 216 Å². The van der Waals surface area contributed by atoms with E-state index in [1.54, 1.807) is 11.0 Å². The lowest BCUT2D eigenvalue weighted by atomic mass is 10.0. The molecule has 3 aromatic carbocycles. The molecule has 0 aliphatic carbocycles. The van der Waals surface area contributed by atoms with Gasteiger partial charge in [0.05, 0.1) is 21.2 Å². The van der Waals surface area contributed by atoms with E-state index in [-0.39, 0.29) is 47.3 Å². The molecule has 1 fully saturated rings. The number of amides is 1. The molecule has 3 aromatic rings. The van der Waals surface area contributed by atoms with Gasteiger partial charge in [-0.1, -0.05) is 34.8 Å². The number of benzene rings is 3. The predicted molar refractivity (Wildman–Crippen MR) is 133 cm³/mol. The fourth-order valence-corrected chi connectivity index (χ4v) is 6.36. The van der Waals surface area contributed by atoms with Crippen molar-refractivity contribution in [1.82, 2.24) is 4.90 Å². The number of anilines is 1. The summed E-state index contributed by atoms with van der Waals surface area (Å²) in [6.45, 7) is 0.373. The largest absolute Gasteiger partial charge is 0.338 e. The van der Waals surface area contributed by atoms with Crippen molar-refractivity contribution in [1.29, 1.82) is 0 Å². The molecule has 0 radical (unpaired) electrons. The van der Waals surface area contributed by atoms with E-state index in [4.69, 9.17) is 34.8 Å². The van der Waals surface area contributed by atoms with Crippen LogP contribution in [0, 0.1) is 11.6 Å². The molecule has 0 N–H and O–H groups in total. The maximum absolute atomic E-state index is 14.8. The smallest absolute Gasteiger partial charge is 0.264 e. The molecule has 0 atom stereocenters. The molecule has 5 nitrogen and oxygen atoms in total. The molecule has 0 bridgehead atoms. The number of nitrogens with zero attached hydrogens (tertiary/aromatic N) is 2. The van der Waals surface area contributed by atoms with Crippen LogP contribution in [0.25, 0.3) is 0 Å². The van der Waals surface area contributed by atoms with Crippen LogP contribution in [0.1, 0.15) is 23.2 Å². The summed E-state index contributed by atoms with van der Waals surface area (Å²) in [5.74, 6) is -1.98. The molecule has 1 aliphatic rings. The molecule has 0 spiro atoms. The summed E-state index contributed by atoms with van der Waals surface area (Å²) in [7, 11) is -4.28. The highest BCUT2D eigenvalue weighted by Gasteiger charge is 2.37. The third-order valence-electron chi connectivity index (χ3n) is 5.76. The fourth-order valence-electron chi connectivity index (χ4n) is 4.03. The highest BCUT2D eigenvalue weighted by Crippen LogP contribution is 2.34. The first-order chi connectivity index (χ1) is 16.6. The van der Waals surface area contributed by atoms with Crippen LogP contribution in [0.15, 0.2) is 65.6 Å². The molecule has 184 valence electrons. The van der Waals surface area contributed by atoms with Gasteiger partial charge < -0.3 is 4.90 Å². The van der Waals surface area contributed by atoms with E-state index < -0.39 is 33.4 Å². The van der Waals surface area contributed by atoms with Crippen LogP contribution in [-0.2, 0) is 10.0 Å². The predicted octanol–water partition coefficient (Wildman–Crippen LogP) is 6.43. The second-order valence-corrected chi connectivity index (χ2v) is 11.1. The van der Waals surface area contributed by atoms with E-state index in [2.05, 4.69) is 0 Å². The SMILES string of the molecule is O=C(c1ccc(Cl)cc1Cl)N1CCC(N(c2cc(F)ccc2F)S(=O)(=O)c2ccc(Cl)cc2)CC1. The maximum atomic E-state index is 14.8. The second kappa shape index (κ2) is 10.3. The van der Waals surface area contributed by atoms with Gasteiger partial charge in [-0.2, -0.15) is 0 Å². The Balaban J connectivity index is 1.65. The summed E-state index contributed by atoms with van der Waals surface area (Å²) < 4.78 is 57.0. The molecule has 0 unspecified atom stereocenters. The first-order valence-electron chi connectivity index (χ1n) is 10.6. The summed E-state index contributed by atoms with van der Waals surface area (Å²) in [6, 6.07) is 11.9. The first-order valence-corrected chi connectivity index (χ1v) is 13.1. The molecule has 11 heteroatoms. The summed E-state index contributed by atoms with van der Waals surface area (Å²) in [5.41, 5.74) is -0.123. The standard InChI is InChI=1S/C24H19Cl3F2N2O3S/c25-15-1-5-19(6-2-15)35(33,34)31(23-14-17(28)4-8-22(23)29)18-9-11-30(12-10-18)24(32)20-7-3-16(26)13-21(20)27/h1-8,13-14,18H,9-12H2. The zero-order valence-corrected chi connectivity index (χ0v) is 21.2. The van der Waals surface area contributed by atoms with Crippen LogP contribution in [0.5, 0.6) is 0 Å². The van der Waals surface area contributed by atoms with Crippen molar-refractivity contribution in [2.24, 2.45) is 0 Å².